The number of carboxylic acids is 1. The van der Waals surface area contributed by atoms with Crippen molar-refractivity contribution in [3.63, 3.8) is 0 Å². The molecule has 98 valence electrons. The van der Waals surface area contributed by atoms with E-state index in [2.05, 4.69) is 21.8 Å². The molecule has 0 amide bonds. The van der Waals surface area contributed by atoms with Gasteiger partial charge in [0, 0.05) is 30.4 Å². The average Bonchev–Trinajstić information content (AvgIpc) is 2.39. The van der Waals surface area contributed by atoms with E-state index in [9.17, 15) is 13.6 Å². The maximum Gasteiger partial charge on any atom is 0.337 e. The highest BCUT2D eigenvalue weighted by Crippen LogP contribution is 2.02. The number of nitrogens with zero attached hydrogens (tertiary/aromatic N) is 2. The minimum absolute atomic E-state index is 0.0219. The molecular formula is C12H9F2N3O2. The molecule has 1 aromatic rings. The molecule has 0 radical (unpaired) electrons. The van der Waals surface area contributed by atoms with E-state index in [-0.39, 0.29) is 11.1 Å². The largest absolute Gasteiger partial charge is 0.478 e. The van der Waals surface area contributed by atoms with Crippen LogP contribution in [-0.2, 0) is 0 Å². The van der Waals surface area contributed by atoms with Gasteiger partial charge in [-0.15, -0.1) is 0 Å². The summed E-state index contributed by atoms with van der Waals surface area (Å²) in [5.74, 6) is 3.90. The number of pyridine rings is 1. The smallest absolute Gasteiger partial charge is 0.337 e. The Morgan fingerprint density at radius 1 is 1.53 bits per heavy atom. The van der Waals surface area contributed by atoms with Gasteiger partial charge in [-0.1, -0.05) is 11.8 Å². The first-order valence-electron chi connectivity index (χ1n) is 4.96. The van der Waals surface area contributed by atoms with Crippen LogP contribution in [0.2, 0.25) is 0 Å². The fourth-order valence-corrected chi connectivity index (χ4v) is 1.02. The van der Waals surface area contributed by atoms with Gasteiger partial charge in [-0.2, -0.15) is 8.78 Å². The zero-order valence-electron chi connectivity index (χ0n) is 9.55. The highest BCUT2D eigenvalue weighted by molar-refractivity contribution is 5.88. The summed E-state index contributed by atoms with van der Waals surface area (Å²) in [5, 5.41) is 8.75. The summed E-state index contributed by atoms with van der Waals surface area (Å²) in [4.78, 5) is 17.2. The van der Waals surface area contributed by atoms with Gasteiger partial charge in [0.15, 0.2) is 0 Å². The highest BCUT2D eigenvalue weighted by atomic mass is 19.3. The first kappa shape index (κ1) is 14.3. The minimum Gasteiger partial charge on any atom is -0.478 e. The molecule has 0 atom stereocenters. The summed E-state index contributed by atoms with van der Waals surface area (Å²) in [6, 6.07) is 1.31. The van der Waals surface area contributed by atoms with Crippen molar-refractivity contribution in [1.29, 1.82) is 0 Å². The maximum atomic E-state index is 11.8. The van der Waals surface area contributed by atoms with Crippen LogP contribution in [0.25, 0.3) is 0 Å². The van der Waals surface area contributed by atoms with Gasteiger partial charge < -0.3 is 10.8 Å². The number of allylic oxidation sites excluding steroid dienone is 1. The molecule has 0 spiro atoms. The summed E-state index contributed by atoms with van der Waals surface area (Å²) < 4.78 is 23.7. The molecule has 1 aromatic heterocycles. The van der Waals surface area contributed by atoms with Crippen LogP contribution in [0.1, 0.15) is 15.9 Å². The zero-order valence-corrected chi connectivity index (χ0v) is 9.55. The van der Waals surface area contributed by atoms with E-state index in [0.717, 1.165) is 12.4 Å². The van der Waals surface area contributed by atoms with Crippen molar-refractivity contribution in [2.24, 2.45) is 10.7 Å². The number of alkyl halides is 2. The number of rotatable bonds is 3. The van der Waals surface area contributed by atoms with E-state index in [1.807, 2.05) is 0 Å². The molecule has 0 aliphatic rings. The Balaban J connectivity index is 2.93. The van der Waals surface area contributed by atoms with Crippen molar-refractivity contribution in [3.05, 3.63) is 41.4 Å². The zero-order chi connectivity index (χ0) is 14.3. The minimum atomic E-state index is -2.84. The lowest BCUT2D eigenvalue weighted by Gasteiger charge is -1.94. The lowest BCUT2D eigenvalue weighted by molar-refractivity contribution is 0.0696. The van der Waals surface area contributed by atoms with E-state index < -0.39 is 12.5 Å². The SMILES string of the molecule is NC=C(C#Cc1cncc(C(=O)O)c1)C=NC(F)F. The molecule has 0 unspecified atom stereocenters. The molecule has 0 aliphatic carbocycles. The maximum absolute atomic E-state index is 11.8. The Kier molecular flexibility index (Phi) is 5.17. The van der Waals surface area contributed by atoms with E-state index in [0.29, 0.717) is 5.56 Å². The van der Waals surface area contributed by atoms with Gasteiger partial charge in [0.25, 0.3) is 0 Å². The van der Waals surface area contributed by atoms with Gasteiger partial charge >= 0.3 is 12.5 Å². The predicted molar refractivity (Wildman–Crippen MR) is 64.8 cm³/mol. The van der Waals surface area contributed by atoms with Crippen molar-refractivity contribution in [1.82, 2.24) is 4.98 Å². The highest BCUT2D eigenvalue weighted by Gasteiger charge is 2.02. The molecule has 0 saturated carbocycles. The van der Waals surface area contributed by atoms with Gasteiger partial charge in [-0.3, -0.25) is 4.98 Å². The van der Waals surface area contributed by atoms with Gasteiger partial charge in [0.1, 0.15) is 0 Å². The van der Waals surface area contributed by atoms with E-state index >= 15 is 0 Å². The number of halogens is 2. The van der Waals surface area contributed by atoms with Crippen molar-refractivity contribution < 1.29 is 18.7 Å². The topological polar surface area (TPSA) is 88.6 Å². The number of aromatic carboxylic acids is 1. The molecule has 19 heavy (non-hydrogen) atoms. The van der Waals surface area contributed by atoms with Crippen LogP contribution in [-0.4, -0.2) is 28.8 Å². The van der Waals surface area contributed by atoms with Crippen molar-refractivity contribution in [2.45, 2.75) is 6.55 Å². The number of carbonyl (C=O) groups is 1. The number of nitrogens with two attached hydrogens (primary N) is 1. The van der Waals surface area contributed by atoms with Crippen LogP contribution < -0.4 is 5.73 Å². The molecule has 0 aromatic carbocycles. The third-order valence-corrected chi connectivity index (χ3v) is 1.84. The average molecular weight is 265 g/mol. The van der Waals surface area contributed by atoms with Crippen molar-refractivity contribution in [2.75, 3.05) is 0 Å². The number of hydrogen-bond acceptors (Lipinski definition) is 4. The van der Waals surface area contributed by atoms with Crippen LogP contribution >= 0.6 is 0 Å². The molecule has 3 N–H and O–H groups in total. The van der Waals surface area contributed by atoms with E-state index in [1.165, 1.54) is 18.5 Å². The molecule has 0 saturated heterocycles. The van der Waals surface area contributed by atoms with Gasteiger partial charge in [0.05, 0.1) is 11.1 Å². The van der Waals surface area contributed by atoms with Gasteiger partial charge in [-0.25, -0.2) is 9.79 Å². The molecule has 7 heteroatoms. The summed E-state index contributed by atoms with van der Waals surface area (Å²) >= 11 is 0. The summed E-state index contributed by atoms with van der Waals surface area (Å²) in [6.07, 6.45) is 4.38. The fraction of sp³-hybridized carbons (Fsp3) is 0.0833. The van der Waals surface area contributed by atoms with Gasteiger partial charge in [-0.05, 0) is 6.07 Å². The molecule has 0 fully saturated rings. The molecule has 1 rings (SSSR count). The molecular weight excluding hydrogens is 256 g/mol. The monoisotopic (exact) mass is 265 g/mol. The van der Waals surface area contributed by atoms with Crippen LogP contribution in [0.3, 0.4) is 0 Å². The summed E-state index contributed by atoms with van der Waals surface area (Å²) in [7, 11) is 0. The molecule has 1 heterocycles. The Hall–Kier alpha value is -2.75. The number of aromatic nitrogens is 1. The number of hydrogen-bond donors (Lipinski definition) is 2. The van der Waals surface area contributed by atoms with Crippen LogP contribution in [0, 0.1) is 11.8 Å². The molecule has 5 nitrogen and oxygen atoms in total. The predicted octanol–water partition coefficient (Wildman–Crippen LogP) is 1.27. The van der Waals surface area contributed by atoms with Crippen LogP contribution in [0.5, 0.6) is 0 Å². The number of carboxylic acid groups (broad SMARTS) is 1. The van der Waals surface area contributed by atoms with Crippen LogP contribution in [0.15, 0.2) is 35.2 Å². The second-order valence-electron chi connectivity index (χ2n) is 3.20. The van der Waals surface area contributed by atoms with Crippen molar-refractivity contribution >= 4 is 12.2 Å². The summed E-state index contributed by atoms with van der Waals surface area (Å²) in [6.45, 7) is -2.84. The molecule has 0 aliphatic heterocycles. The Bertz CT molecular complexity index is 586. The lowest BCUT2D eigenvalue weighted by Crippen LogP contribution is -1.97. The Labute approximate surface area is 107 Å². The lowest BCUT2D eigenvalue weighted by atomic mass is 10.2. The third kappa shape index (κ3) is 4.95. The Morgan fingerprint density at radius 3 is 2.84 bits per heavy atom. The quantitative estimate of drug-likeness (QED) is 0.489. The second-order valence-corrected chi connectivity index (χ2v) is 3.20. The van der Waals surface area contributed by atoms with Gasteiger partial charge in [0.2, 0.25) is 0 Å². The van der Waals surface area contributed by atoms with Crippen LogP contribution in [0.4, 0.5) is 8.78 Å². The van der Waals surface area contributed by atoms with Crippen molar-refractivity contribution in [3.8, 4) is 11.8 Å². The first-order valence-corrected chi connectivity index (χ1v) is 4.96. The Morgan fingerprint density at radius 2 is 2.26 bits per heavy atom. The molecule has 0 bridgehead atoms. The van der Waals surface area contributed by atoms with E-state index in [4.69, 9.17) is 10.8 Å². The fourth-order valence-electron chi connectivity index (χ4n) is 1.02. The normalized spacial score (nSPS) is 11.4. The summed E-state index contributed by atoms with van der Waals surface area (Å²) in [5.41, 5.74) is 5.58. The second kappa shape index (κ2) is 6.86. The first-order chi connectivity index (χ1) is 9.02. The van der Waals surface area contributed by atoms with E-state index in [1.54, 1.807) is 0 Å². The number of aliphatic imine (C=N–C) groups is 1. The third-order valence-electron chi connectivity index (χ3n) is 1.84. The standard InChI is InChI=1S/C12H9F2N3O2/c13-12(14)17-6-9(4-15)2-1-8-3-10(11(18)19)7-16-5-8/h3-7,12H,15H2,(H,18,19).